The van der Waals surface area contributed by atoms with Gasteiger partial charge in [0.1, 0.15) is 5.78 Å². The van der Waals surface area contributed by atoms with Crippen molar-refractivity contribution in [3.63, 3.8) is 0 Å². The van der Waals surface area contributed by atoms with E-state index in [2.05, 4.69) is 20.8 Å². The van der Waals surface area contributed by atoms with E-state index in [1.165, 1.54) is 32.1 Å². The molecular formula is C20H32O2. The van der Waals surface area contributed by atoms with E-state index in [0.717, 1.165) is 37.0 Å². The van der Waals surface area contributed by atoms with Gasteiger partial charge < -0.3 is 5.11 Å². The summed E-state index contributed by atoms with van der Waals surface area (Å²) >= 11 is 0. The molecule has 0 heterocycles. The minimum Gasteiger partial charge on any atom is -0.393 e. The lowest BCUT2D eigenvalue weighted by atomic mass is 9.44. The lowest BCUT2D eigenvalue weighted by molar-refractivity contribution is -0.148. The molecule has 0 spiro atoms. The Balaban J connectivity index is 1.65. The monoisotopic (exact) mass is 304 g/mol. The summed E-state index contributed by atoms with van der Waals surface area (Å²) in [5.74, 6) is 3.74. The zero-order valence-corrected chi connectivity index (χ0v) is 14.5. The van der Waals surface area contributed by atoms with Gasteiger partial charge in [-0.3, -0.25) is 4.79 Å². The second-order valence-electron chi connectivity index (χ2n) is 9.57. The number of carbonyl (C=O) groups excluding carboxylic acids is 1. The summed E-state index contributed by atoms with van der Waals surface area (Å²) in [6, 6.07) is 0. The largest absolute Gasteiger partial charge is 0.393 e. The molecule has 0 aromatic heterocycles. The first kappa shape index (κ1) is 15.2. The molecule has 8 atom stereocenters. The first-order chi connectivity index (χ1) is 10.4. The summed E-state index contributed by atoms with van der Waals surface area (Å²) < 4.78 is 0. The fourth-order valence-corrected chi connectivity index (χ4v) is 7.38. The van der Waals surface area contributed by atoms with Gasteiger partial charge in [0, 0.05) is 12.3 Å². The molecule has 4 fully saturated rings. The van der Waals surface area contributed by atoms with Crippen molar-refractivity contribution in [2.45, 2.75) is 78.2 Å². The fraction of sp³-hybridized carbons (Fsp3) is 0.950. The average Bonchev–Trinajstić information content (AvgIpc) is 2.77. The summed E-state index contributed by atoms with van der Waals surface area (Å²) in [7, 11) is 0. The van der Waals surface area contributed by atoms with Gasteiger partial charge in [-0.15, -0.1) is 0 Å². The van der Waals surface area contributed by atoms with Crippen LogP contribution >= 0.6 is 0 Å². The van der Waals surface area contributed by atoms with Crippen LogP contribution in [0.15, 0.2) is 0 Å². The van der Waals surface area contributed by atoms with E-state index in [-0.39, 0.29) is 17.4 Å². The van der Waals surface area contributed by atoms with Crippen LogP contribution in [-0.2, 0) is 4.79 Å². The number of aliphatic hydroxyl groups is 1. The number of carbonyl (C=O) groups is 1. The number of hydrogen-bond donors (Lipinski definition) is 1. The Morgan fingerprint density at radius 2 is 1.73 bits per heavy atom. The molecule has 2 nitrogen and oxygen atoms in total. The van der Waals surface area contributed by atoms with E-state index in [9.17, 15) is 9.90 Å². The Morgan fingerprint density at radius 1 is 1.00 bits per heavy atom. The summed E-state index contributed by atoms with van der Waals surface area (Å²) in [5.41, 5.74) is 0.561. The lowest BCUT2D eigenvalue weighted by Gasteiger charge is -2.60. The predicted molar refractivity (Wildman–Crippen MR) is 87.3 cm³/mol. The molecule has 2 heteroatoms. The van der Waals surface area contributed by atoms with Gasteiger partial charge in [0.2, 0.25) is 0 Å². The maximum Gasteiger partial charge on any atom is 0.136 e. The highest BCUT2D eigenvalue weighted by atomic mass is 16.3. The highest BCUT2D eigenvalue weighted by molar-refractivity contribution is 5.82. The number of hydrogen-bond acceptors (Lipinski definition) is 2. The van der Waals surface area contributed by atoms with Crippen molar-refractivity contribution in [3.8, 4) is 0 Å². The van der Waals surface area contributed by atoms with Crippen LogP contribution < -0.4 is 0 Å². The van der Waals surface area contributed by atoms with Crippen molar-refractivity contribution >= 4 is 5.78 Å². The lowest BCUT2D eigenvalue weighted by Crippen LogP contribution is -2.55. The van der Waals surface area contributed by atoms with Gasteiger partial charge in [0.15, 0.2) is 0 Å². The van der Waals surface area contributed by atoms with Crippen LogP contribution in [0.25, 0.3) is 0 Å². The third-order valence-corrected chi connectivity index (χ3v) is 8.76. The van der Waals surface area contributed by atoms with E-state index in [1.807, 2.05) is 0 Å². The maximum absolute atomic E-state index is 12.2. The van der Waals surface area contributed by atoms with Crippen LogP contribution in [0.2, 0.25) is 0 Å². The van der Waals surface area contributed by atoms with Gasteiger partial charge >= 0.3 is 0 Å². The number of aliphatic hydroxyl groups excluding tert-OH is 1. The zero-order chi connectivity index (χ0) is 15.7. The van der Waals surface area contributed by atoms with Crippen LogP contribution in [0.5, 0.6) is 0 Å². The standard InChI is InChI=1S/C20H32O2/c1-12-11-20(3)13(10-17(12)21)4-5-14-15-6-7-18(22)19(15,2)9-8-16(14)20/h12-16,18,22H,4-11H2,1-3H3/t12?,13?,14-,15-,16-,18-,19-,20-/m0/s1. The molecule has 4 rings (SSSR count). The Labute approximate surface area is 135 Å². The van der Waals surface area contributed by atoms with Crippen molar-refractivity contribution in [2.75, 3.05) is 0 Å². The first-order valence-electron chi connectivity index (χ1n) is 9.57. The van der Waals surface area contributed by atoms with Crippen LogP contribution in [0, 0.1) is 40.4 Å². The normalized spacial score (nSPS) is 57.9. The van der Waals surface area contributed by atoms with Gasteiger partial charge in [0.05, 0.1) is 6.10 Å². The topological polar surface area (TPSA) is 37.3 Å². The molecular weight excluding hydrogens is 272 g/mol. The molecule has 0 aliphatic heterocycles. The Morgan fingerprint density at radius 3 is 2.50 bits per heavy atom. The second-order valence-corrected chi connectivity index (χ2v) is 9.57. The van der Waals surface area contributed by atoms with Crippen molar-refractivity contribution < 1.29 is 9.90 Å². The smallest absolute Gasteiger partial charge is 0.136 e. The second kappa shape index (κ2) is 4.82. The molecule has 0 amide bonds. The molecule has 22 heavy (non-hydrogen) atoms. The summed E-state index contributed by atoms with van der Waals surface area (Å²) in [6.07, 6.45) is 9.16. The number of rotatable bonds is 0. The van der Waals surface area contributed by atoms with E-state index in [4.69, 9.17) is 0 Å². The van der Waals surface area contributed by atoms with Crippen LogP contribution in [-0.4, -0.2) is 17.0 Å². The molecule has 2 unspecified atom stereocenters. The quantitative estimate of drug-likeness (QED) is 0.728. The summed E-state index contributed by atoms with van der Waals surface area (Å²) in [6.45, 7) is 7.01. The molecule has 0 radical (unpaired) electrons. The molecule has 0 aromatic carbocycles. The SMILES string of the molecule is CC1C[C@@]2(C)C(CC[C@H]3[C@@H]4CC[C@H](O)[C@@]4(C)CC[C@@H]32)CC1=O. The molecule has 4 aliphatic rings. The molecule has 0 saturated heterocycles. The predicted octanol–water partition coefficient (Wildman–Crippen LogP) is 4.21. The van der Waals surface area contributed by atoms with E-state index < -0.39 is 0 Å². The molecule has 0 bridgehead atoms. The summed E-state index contributed by atoms with van der Waals surface area (Å²) in [5, 5.41) is 10.5. The molecule has 0 aromatic rings. The van der Waals surface area contributed by atoms with Gasteiger partial charge in [-0.05, 0) is 79.4 Å². The van der Waals surface area contributed by atoms with E-state index >= 15 is 0 Å². The Bertz CT molecular complexity index is 486. The molecule has 4 saturated carbocycles. The highest BCUT2D eigenvalue weighted by Gasteiger charge is 2.60. The van der Waals surface area contributed by atoms with Crippen molar-refractivity contribution in [2.24, 2.45) is 40.4 Å². The van der Waals surface area contributed by atoms with Gasteiger partial charge in [0.25, 0.3) is 0 Å². The maximum atomic E-state index is 12.2. The Hall–Kier alpha value is -0.370. The number of fused-ring (bicyclic) bond motifs is 5. The minimum atomic E-state index is -0.0733. The van der Waals surface area contributed by atoms with Gasteiger partial charge in [-0.25, -0.2) is 0 Å². The van der Waals surface area contributed by atoms with Crippen molar-refractivity contribution in [3.05, 3.63) is 0 Å². The van der Waals surface area contributed by atoms with Crippen LogP contribution in [0.3, 0.4) is 0 Å². The number of ketones is 1. The molecule has 1 N–H and O–H groups in total. The average molecular weight is 304 g/mol. The van der Waals surface area contributed by atoms with Crippen molar-refractivity contribution in [1.29, 1.82) is 0 Å². The minimum absolute atomic E-state index is 0.0733. The summed E-state index contributed by atoms with van der Waals surface area (Å²) in [4.78, 5) is 12.2. The first-order valence-corrected chi connectivity index (χ1v) is 9.57. The van der Waals surface area contributed by atoms with Gasteiger partial charge in [-0.2, -0.15) is 0 Å². The van der Waals surface area contributed by atoms with Gasteiger partial charge in [-0.1, -0.05) is 20.8 Å². The van der Waals surface area contributed by atoms with E-state index in [0.29, 0.717) is 17.1 Å². The highest BCUT2D eigenvalue weighted by Crippen LogP contribution is 2.66. The molecule has 124 valence electrons. The number of Topliss-reactive ketones (excluding diaryl/α,β-unsaturated/α-hetero) is 1. The molecule has 4 aliphatic carbocycles. The van der Waals surface area contributed by atoms with Crippen LogP contribution in [0.1, 0.15) is 72.1 Å². The Kier molecular flexibility index (Phi) is 3.32. The third kappa shape index (κ3) is 1.85. The fourth-order valence-electron chi connectivity index (χ4n) is 7.38. The third-order valence-electron chi connectivity index (χ3n) is 8.76. The van der Waals surface area contributed by atoms with Crippen LogP contribution in [0.4, 0.5) is 0 Å². The van der Waals surface area contributed by atoms with E-state index in [1.54, 1.807) is 0 Å². The zero-order valence-electron chi connectivity index (χ0n) is 14.5. The van der Waals surface area contributed by atoms with Crippen molar-refractivity contribution in [1.82, 2.24) is 0 Å².